The van der Waals surface area contributed by atoms with Crippen molar-refractivity contribution in [2.75, 3.05) is 18.5 Å². The third-order valence-corrected chi connectivity index (χ3v) is 6.06. The number of nitrogens with zero attached hydrogens (tertiary/aromatic N) is 3. The molecule has 4 rings (SSSR count). The minimum Gasteiger partial charge on any atom is -0.478 e. The van der Waals surface area contributed by atoms with E-state index in [-0.39, 0.29) is 18.5 Å². The van der Waals surface area contributed by atoms with Crippen molar-refractivity contribution in [1.82, 2.24) is 15.3 Å². The highest BCUT2D eigenvalue weighted by molar-refractivity contribution is 5.97. The maximum absolute atomic E-state index is 12.9. The smallest absolute Gasteiger partial charge is 0.347 e. The number of fused-ring (bicyclic) bond motifs is 1. The van der Waals surface area contributed by atoms with Gasteiger partial charge in [0.05, 0.1) is 6.54 Å². The number of para-hydroxylation sites is 1. The second kappa shape index (κ2) is 8.87. The van der Waals surface area contributed by atoms with E-state index < -0.39 is 17.6 Å². The lowest BCUT2D eigenvalue weighted by Crippen LogP contribution is -2.58. The highest BCUT2D eigenvalue weighted by Crippen LogP contribution is 2.42. The van der Waals surface area contributed by atoms with Crippen LogP contribution in [-0.4, -0.2) is 46.6 Å². The molecule has 2 N–H and O–H groups in total. The van der Waals surface area contributed by atoms with Crippen LogP contribution >= 0.6 is 0 Å². The first kappa shape index (κ1) is 23.4. The van der Waals surface area contributed by atoms with Gasteiger partial charge in [-0.05, 0) is 45.4 Å². The maximum Gasteiger partial charge on any atom is 0.347 e. The molecule has 1 unspecified atom stereocenters. The number of nitrogens with one attached hydrogen (secondary N) is 1. The van der Waals surface area contributed by atoms with Crippen LogP contribution in [0.2, 0.25) is 0 Å². The summed E-state index contributed by atoms with van der Waals surface area (Å²) in [5.41, 5.74) is 3.75. The van der Waals surface area contributed by atoms with Gasteiger partial charge in [-0.15, -0.1) is 0 Å². The molecule has 2 atom stereocenters. The Morgan fingerprint density at radius 2 is 1.68 bits per heavy atom. The van der Waals surface area contributed by atoms with Gasteiger partial charge in [-0.2, -0.15) is 0 Å². The third-order valence-electron chi connectivity index (χ3n) is 6.06. The minimum absolute atomic E-state index is 0.0307. The number of hydrogen-bond donors (Lipinski definition) is 2. The molecule has 0 saturated carbocycles. The van der Waals surface area contributed by atoms with Crippen LogP contribution in [0.1, 0.15) is 33.6 Å². The van der Waals surface area contributed by atoms with E-state index in [0.29, 0.717) is 28.2 Å². The van der Waals surface area contributed by atoms with E-state index in [2.05, 4.69) is 15.3 Å². The molecule has 3 aromatic rings. The van der Waals surface area contributed by atoms with Crippen molar-refractivity contribution in [2.45, 2.75) is 39.3 Å². The maximum atomic E-state index is 12.9. The fourth-order valence-electron chi connectivity index (χ4n) is 4.68. The van der Waals surface area contributed by atoms with Crippen LogP contribution in [0.4, 0.5) is 5.69 Å². The summed E-state index contributed by atoms with van der Waals surface area (Å²) in [6.45, 7) is 7.41. The summed E-state index contributed by atoms with van der Waals surface area (Å²) in [5, 5.41) is 13.8. The van der Waals surface area contributed by atoms with Gasteiger partial charge in [0.25, 0.3) is 0 Å². The Balaban J connectivity index is 2.04. The zero-order valence-electron chi connectivity index (χ0n) is 19.9. The standard InChI is InChI=1S/C26H28N4O4/c1-15-10-16(2)12-19(11-15)26(20-8-6-7-9-21(20)30(5)22(31)14-27-26)23(24(32)33)34-25-28-17(3)13-18(4)29-25/h6-13,23,27H,14H2,1-5H3,(H,32,33)/t23-,26?/m1/s1. The molecule has 1 aliphatic rings. The van der Waals surface area contributed by atoms with Gasteiger partial charge in [-0.25, -0.2) is 14.8 Å². The molecule has 2 heterocycles. The van der Waals surface area contributed by atoms with E-state index in [4.69, 9.17) is 4.74 Å². The summed E-state index contributed by atoms with van der Waals surface area (Å²) >= 11 is 0. The zero-order chi connectivity index (χ0) is 24.6. The summed E-state index contributed by atoms with van der Waals surface area (Å²) in [6, 6.07) is 14.9. The second-order valence-electron chi connectivity index (χ2n) is 8.78. The molecule has 0 radical (unpaired) electrons. The van der Waals surface area contributed by atoms with Gasteiger partial charge in [-0.1, -0.05) is 47.5 Å². The SMILES string of the molecule is Cc1cc(C)cc(C2([C@H](Oc3nc(C)cc(C)n3)C(=O)O)NCC(=O)N(C)c3ccccc32)c1. The molecule has 34 heavy (non-hydrogen) atoms. The summed E-state index contributed by atoms with van der Waals surface area (Å²) in [6.07, 6.45) is -1.48. The van der Waals surface area contributed by atoms with E-state index in [0.717, 1.165) is 11.1 Å². The highest BCUT2D eigenvalue weighted by Gasteiger charge is 2.52. The summed E-state index contributed by atoms with van der Waals surface area (Å²) in [5.74, 6) is -1.40. The number of rotatable bonds is 5. The molecular formula is C26H28N4O4. The second-order valence-corrected chi connectivity index (χ2v) is 8.78. The number of likely N-dealkylation sites (N-methyl/N-ethyl adjacent to an activating group) is 1. The Labute approximate surface area is 198 Å². The quantitative estimate of drug-likeness (QED) is 0.603. The number of amides is 1. The Morgan fingerprint density at radius 3 is 2.29 bits per heavy atom. The molecule has 1 amide bonds. The molecule has 0 spiro atoms. The lowest BCUT2D eigenvalue weighted by atomic mass is 9.76. The molecule has 1 aromatic heterocycles. The number of aromatic nitrogens is 2. The van der Waals surface area contributed by atoms with Crippen LogP contribution in [0.25, 0.3) is 0 Å². The third kappa shape index (κ3) is 4.12. The predicted octanol–water partition coefficient (Wildman–Crippen LogP) is 3.05. The molecule has 0 aliphatic carbocycles. The average molecular weight is 461 g/mol. The van der Waals surface area contributed by atoms with Crippen LogP contribution in [0.5, 0.6) is 6.01 Å². The van der Waals surface area contributed by atoms with E-state index in [1.165, 1.54) is 0 Å². The van der Waals surface area contributed by atoms with Crippen molar-refractivity contribution in [3.05, 3.63) is 82.2 Å². The van der Waals surface area contributed by atoms with Crippen molar-refractivity contribution >= 4 is 17.6 Å². The van der Waals surface area contributed by atoms with Gasteiger partial charge < -0.3 is 14.7 Å². The van der Waals surface area contributed by atoms with Crippen LogP contribution in [0.15, 0.2) is 48.5 Å². The minimum atomic E-state index is -1.48. The Morgan fingerprint density at radius 1 is 1.06 bits per heavy atom. The molecule has 8 heteroatoms. The first-order chi connectivity index (χ1) is 16.1. The monoisotopic (exact) mass is 460 g/mol. The fourth-order valence-corrected chi connectivity index (χ4v) is 4.68. The zero-order valence-corrected chi connectivity index (χ0v) is 19.9. The normalized spacial score (nSPS) is 18.7. The summed E-state index contributed by atoms with van der Waals surface area (Å²) in [7, 11) is 1.68. The van der Waals surface area contributed by atoms with Crippen molar-refractivity contribution in [2.24, 2.45) is 0 Å². The summed E-state index contributed by atoms with van der Waals surface area (Å²) in [4.78, 5) is 36.0. The largest absolute Gasteiger partial charge is 0.478 e. The van der Waals surface area contributed by atoms with Crippen molar-refractivity contribution < 1.29 is 19.4 Å². The van der Waals surface area contributed by atoms with E-state index in [1.54, 1.807) is 31.9 Å². The summed E-state index contributed by atoms with van der Waals surface area (Å²) < 4.78 is 6.08. The molecule has 0 bridgehead atoms. The lowest BCUT2D eigenvalue weighted by molar-refractivity contribution is -0.149. The van der Waals surface area contributed by atoms with Crippen molar-refractivity contribution in [3.8, 4) is 6.01 Å². The number of aryl methyl sites for hydroxylation is 4. The van der Waals surface area contributed by atoms with Gasteiger partial charge >= 0.3 is 12.0 Å². The molecule has 1 aliphatic heterocycles. The fraction of sp³-hybridized carbons (Fsp3) is 0.308. The highest BCUT2D eigenvalue weighted by atomic mass is 16.5. The van der Waals surface area contributed by atoms with Crippen LogP contribution in [0.3, 0.4) is 0 Å². The molecule has 176 valence electrons. The Bertz CT molecular complexity index is 1230. The van der Waals surface area contributed by atoms with Crippen molar-refractivity contribution in [1.29, 1.82) is 0 Å². The molecule has 2 aromatic carbocycles. The van der Waals surface area contributed by atoms with E-state index in [1.807, 2.05) is 56.3 Å². The number of carbonyl (C=O) groups is 2. The van der Waals surface area contributed by atoms with Gasteiger partial charge in [-0.3, -0.25) is 10.1 Å². The molecule has 0 fully saturated rings. The van der Waals surface area contributed by atoms with Gasteiger partial charge in [0, 0.05) is 29.7 Å². The number of anilines is 1. The molecular weight excluding hydrogens is 432 g/mol. The molecule has 8 nitrogen and oxygen atoms in total. The Hall–Kier alpha value is -3.78. The van der Waals surface area contributed by atoms with Gasteiger partial charge in [0.1, 0.15) is 5.54 Å². The number of carboxylic acids is 1. The number of ether oxygens (including phenoxy) is 1. The number of carbonyl (C=O) groups excluding carboxylic acids is 1. The average Bonchev–Trinajstić information content (AvgIpc) is 2.87. The number of aliphatic carboxylic acids is 1. The first-order valence-electron chi connectivity index (χ1n) is 11.0. The Kier molecular flexibility index (Phi) is 6.10. The number of hydrogen-bond acceptors (Lipinski definition) is 6. The van der Waals surface area contributed by atoms with E-state index >= 15 is 0 Å². The van der Waals surface area contributed by atoms with Gasteiger partial charge in [0.15, 0.2) is 0 Å². The van der Waals surface area contributed by atoms with Crippen LogP contribution in [-0.2, 0) is 15.1 Å². The van der Waals surface area contributed by atoms with E-state index in [9.17, 15) is 14.7 Å². The van der Waals surface area contributed by atoms with Crippen molar-refractivity contribution in [3.63, 3.8) is 0 Å². The topological polar surface area (TPSA) is 105 Å². The van der Waals surface area contributed by atoms with Gasteiger partial charge in [0.2, 0.25) is 12.0 Å². The lowest BCUT2D eigenvalue weighted by Gasteiger charge is -2.39. The number of carboxylic acid groups (broad SMARTS) is 1. The number of benzene rings is 2. The predicted molar refractivity (Wildman–Crippen MR) is 128 cm³/mol. The van der Waals surface area contributed by atoms with Crippen LogP contribution in [0, 0.1) is 27.7 Å². The molecule has 0 saturated heterocycles. The first-order valence-corrected chi connectivity index (χ1v) is 11.0. The van der Waals surface area contributed by atoms with Crippen LogP contribution < -0.4 is 15.0 Å².